The molecule has 9 heteroatoms. The largest absolute Gasteiger partial charge is 0.480 e. The third-order valence-electron chi connectivity index (χ3n) is 3.19. The fraction of sp³-hybridized carbons (Fsp3) is 0.250. The topological polar surface area (TPSA) is 99.1 Å². The molecule has 0 radical (unpaired) electrons. The van der Waals surface area contributed by atoms with E-state index in [1.165, 1.54) is 35.2 Å². The molecule has 0 bridgehead atoms. The van der Waals surface area contributed by atoms with E-state index in [0.29, 0.717) is 10.9 Å². The minimum absolute atomic E-state index is 0.160. The smallest absolute Gasteiger partial charge is 0.322 e. The number of halogens is 1. The molecule has 2 N–H and O–H groups in total. The number of aliphatic carboxylic acids is 1. The first kappa shape index (κ1) is 18.7. The summed E-state index contributed by atoms with van der Waals surface area (Å²) in [6.45, 7) is 3.31. The highest BCUT2D eigenvalue weighted by atomic mass is 32.2. The van der Waals surface area contributed by atoms with Gasteiger partial charge in [0.15, 0.2) is 5.17 Å². The number of amidine groups is 1. The number of carboxylic acids is 1. The maximum Gasteiger partial charge on any atom is 0.322 e. The second-order valence-corrected chi connectivity index (χ2v) is 6.26. The molecule has 1 aliphatic heterocycles. The lowest BCUT2D eigenvalue weighted by Crippen LogP contribution is -2.36. The van der Waals surface area contributed by atoms with Crippen LogP contribution in [0.1, 0.15) is 6.42 Å². The number of benzene rings is 1. The van der Waals surface area contributed by atoms with E-state index in [2.05, 4.69) is 16.9 Å². The standard InChI is InChI=1S/C16H16FN3O4S/c1-2-7-20-15(24)12(8-13(21)18-9-14(22)23)25-16(20)19-11-5-3-10(17)4-6-11/h2-6,12H,1,7-9H2,(H,18,21)(H,22,23). The monoisotopic (exact) mass is 365 g/mol. The van der Waals surface area contributed by atoms with Crippen LogP contribution in [0.15, 0.2) is 41.9 Å². The predicted octanol–water partition coefficient (Wildman–Crippen LogP) is 1.53. The van der Waals surface area contributed by atoms with Gasteiger partial charge in [-0.2, -0.15) is 0 Å². The maximum absolute atomic E-state index is 13.0. The van der Waals surface area contributed by atoms with E-state index < -0.39 is 29.5 Å². The maximum atomic E-state index is 13.0. The molecule has 0 saturated carbocycles. The lowest BCUT2D eigenvalue weighted by Gasteiger charge is -2.13. The van der Waals surface area contributed by atoms with Crippen molar-refractivity contribution in [2.75, 3.05) is 13.1 Å². The minimum Gasteiger partial charge on any atom is -0.480 e. The molecule has 2 amide bonds. The van der Waals surface area contributed by atoms with Crippen LogP contribution in [0.4, 0.5) is 10.1 Å². The van der Waals surface area contributed by atoms with Gasteiger partial charge in [0.1, 0.15) is 17.6 Å². The van der Waals surface area contributed by atoms with Gasteiger partial charge in [0, 0.05) is 13.0 Å². The van der Waals surface area contributed by atoms with Crippen LogP contribution in [0.25, 0.3) is 0 Å². The molecule has 1 fully saturated rings. The third-order valence-corrected chi connectivity index (χ3v) is 4.37. The zero-order valence-corrected chi connectivity index (χ0v) is 14.0. The van der Waals surface area contributed by atoms with Crippen LogP contribution in [0.3, 0.4) is 0 Å². The van der Waals surface area contributed by atoms with Crippen molar-refractivity contribution >= 4 is 40.4 Å². The Morgan fingerprint density at radius 2 is 2.08 bits per heavy atom. The molecule has 1 unspecified atom stereocenters. The Balaban J connectivity index is 2.13. The van der Waals surface area contributed by atoms with Gasteiger partial charge in [-0.15, -0.1) is 6.58 Å². The van der Waals surface area contributed by atoms with Crippen molar-refractivity contribution in [2.45, 2.75) is 11.7 Å². The summed E-state index contributed by atoms with van der Waals surface area (Å²) in [5.41, 5.74) is 0.474. The van der Waals surface area contributed by atoms with Gasteiger partial charge in [-0.1, -0.05) is 17.8 Å². The van der Waals surface area contributed by atoms with E-state index in [-0.39, 0.29) is 18.9 Å². The number of aliphatic imine (C=N–C) groups is 1. The third kappa shape index (κ3) is 5.15. The number of thioether (sulfide) groups is 1. The van der Waals surface area contributed by atoms with Crippen molar-refractivity contribution in [1.82, 2.24) is 10.2 Å². The molecule has 0 aromatic heterocycles. The first-order chi connectivity index (χ1) is 11.9. The molecule has 0 spiro atoms. The molecule has 132 valence electrons. The van der Waals surface area contributed by atoms with Gasteiger partial charge in [0.05, 0.1) is 5.69 Å². The molecular weight excluding hydrogens is 349 g/mol. The van der Waals surface area contributed by atoms with Crippen LogP contribution in [0, 0.1) is 5.82 Å². The molecule has 2 rings (SSSR count). The Morgan fingerprint density at radius 1 is 1.40 bits per heavy atom. The van der Waals surface area contributed by atoms with Crippen LogP contribution in [0.2, 0.25) is 0 Å². The Morgan fingerprint density at radius 3 is 2.68 bits per heavy atom. The fourth-order valence-electron chi connectivity index (χ4n) is 2.06. The first-order valence-electron chi connectivity index (χ1n) is 7.32. The average Bonchev–Trinajstić information content (AvgIpc) is 2.84. The summed E-state index contributed by atoms with van der Waals surface area (Å²) in [6, 6.07) is 5.48. The first-order valence-corrected chi connectivity index (χ1v) is 8.20. The summed E-state index contributed by atoms with van der Waals surface area (Å²) in [5, 5.41) is 10.5. The summed E-state index contributed by atoms with van der Waals surface area (Å²) in [5.74, 6) is -2.40. The average molecular weight is 365 g/mol. The van der Waals surface area contributed by atoms with Crippen molar-refractivity contribution in [1.29, 1.82) is 0 Å². The van der Waals surface area contributed by atoms with Gasteiger partial charge >= 0.3 is 5.97 Å². The molecule has 7 nitrogen and oxygen atoms in total. The number of hydrogen-bond donors (Lipinski definition) is 2. The van der Waals surface area contributed by atoms with E-state index in [9.17, 15) is 18.8 Å². The Bertz CT molecular complexity index is 721. The van der Waals surface area contributed by atoms with E-state index in [1.54, 1.807) is 0 Å². The highest BCUT2D eigenvalue weighted by Gasteiger charge is 2.38. The molecule has 1 aliphatic rings. The SMILES string of the molecule is C=CCN1C(=O)C(CC(=O)NCC(=O)O)SC1=Nc1ccc(F)cc1. The van der Waals surface area contributed by atoms with Crippen LogP contribution in [-0.2, 0) is 14.4 Å². The zero-order valence-electron chi connectivity index (χ0n) is 13.1. The Labute approximate surface area is 147 Å². The molecule has 25 heavy (non-hydrogen) atoms. The molecule has 0 aliphatic carbocycles. The normalized spacial score (nSPS) is 18.4. The van der Waals surface area contributed by atoms with Crippen molar-refractivity contribution in [3.8, 4) is 0 Å². The second-order valence-electron chi connectivity index (χ2n) is 5.09. The predicted molar refractivity (Wildman–Crippen MR) is 92.0 cm³/mol. The zero-order chi connectivity index (χ0) is 18.4. The van der Waals surface area contributed by atoms with E-state index in [4.69, 9.17) is 5.11 Å². The fourth-order valence-corrected chi connectivity index (χ4v) is 3.23. The van der Waals surface area contributed by atoms with E-state index in [0.717, 1.165) is 11.8 Å². The molecular formula is C16H16FN3O4S. The number of nitrogens with one attached hydrogen (secondary N) is 1. The molecule has 1 aromatic carbocycles. The lowest BCUT2D eigenvalue weighted by atomic mass is 10.2. The van der Waals surface area contributed by atoms with Crippen LogP contribution in [-0.4, -0.2) is 51.3 Å². The lowest BCUT2D eigenvalue weighted by molar-refractivity contribution is -0.138. The van der Waals surface area contributed by atoms with Crippen LogP contribution >= 0.6 is 11.8 Å². The van der Waals surface area contributed by atoms with Gasteiger partial charge < -0.3 is 10.4 Å². The summed E-state index contributed by atoms with van der Waals surface area (Å²) >= 11 is 1.11. The van der Waals surface area contributed by atoms with Crippen molar-refractivity contribution < 1.29 is 23.9 Å². The minimum atomic E-state index is -1.16. The van der Waals surface area contributed by atoms with Gasteiger partial charge in [0.25, 0.3) is 0 Å². The van der Waals surface area contributed by atoms with Crippen molar-refractivity contribution in [3.63, 3.8) is 0 Å². The second kappa shape index (κ2) is 8.43. The van der Waals surface area contributed by atoms with E-state index in [1.807, 2.05) is 0 Å². The molecule has 1 aromatic rings. The number of nitrogens with zero attached hydrogens (tertiary/aromatic N) is 2. The van der Waals surface area contributed by atoms with Crippen molar-refractivity contribution in [3.05, 3.63) is 42.7 Å². The number of carbonyl (C=O) groups is 3. The molecule has 1 saturated heterocycles. The summed E-state index contributed by atoms with van der Waals surface area (Å²) < 4.78 is 13.0. The highest BCUT2D eigenvalue weighted by Crippen LogP contribution is 2.31. The molecule has 1 atom stereocenters. The Hall–Kier alpha value is -2.68. The van der Waals surface area contributed by atoms with E-state index >= 15 is 0 Å². The quantitative estimate of drug-likeness (QED) is 0.714. The number of rotatable bonds is 7. The van der Waals surface area contributed by atoms with Crippen molar-refractivity contribution in [2.24, 2.45) is 4.99 Å². The highest BCUT2D eigenvalue weighted by molar-refractivity contribution is 8.15. The van der Waals surface area contributed by atoms with Gasteiger partial charge in [-0.05, 0) is 24.3 Å². The van der Waals surface area contributed by atoms with Crippen LogP contribution in [0.5, 0.6) is 0 Å². The van der Waals surface area contributed by atoms with Crippen LogP contribution < -0.4 is 5.32 Å². The summed E-state index contributed by atoms with van der Waals surface area (Å²) in [7, 11) is 0. The van der Waals surface area contributed by atoms with Gasteiger partial charge in [-0.3, -0.25) is 19.3 Å². The number of hydrogen-bond acceptors (Lipinski definition) is 5. The van der Waals surface area contributed by atoms with Gasteiger partial charge in [0.2, 0.25) is 11.8 Å². The van der Waals surface area contributed by atoms with Gasteiger partial charge in [-0.25, -0.2) is 9.38 Å². The molecule has 1 heterocycles. The summed E-state index contributed by atoms with van der Waals surface area (Å²) in [6.07, 6.45) is 1.37. The Kier molecular flexibility index (Phi) is 6.29. The number of carbonyl (C=O) groups excluding carboxylic acids is 2. The number of amides is 2. The number of carboxylic acid groups (broad SMARTS) is 1. The summed E-state index contributed by atoms with van der Waals surface area (Å²) in [4.78, 5) is 40.4.